The van der Waals surface area contributed by atoms with E-state index in [0.29, 0.717) is 37.5 Å². The highest BCUT2D eigenvalue weighted by molar-refractivity contribution is 5.74. The fourth-order valence-electron chi connectivity index (χ4n) is 5.61. The number of aliphatic carboxylic acids is 1. The minimum atomic E-state index is -0.715. The van der Waals surface area contributed by atoms with Gasteiger partial charge in [0.15, 0.2) is 0 Å². The average molecular weight is 379 g/mol. The van der Waals surface area contributed by atoms with E-state index in [9.17, 15) is 14.7 Å². The zero-order valence-corrected chi connectivity index (χ0v) is 17.2. The van der Waals surface area contributed by atoms with E-state index in [0.717, 1.165) is 11.8 Å². The lowest BCUT2D eigenvalue weighted by molar-refractivity contribution is -0.165. The van der Waals surface area contributed by atoms with Crippen molar-refractivity contribution < 1.29 is 19.4 Å². The maximum absolute atomic E-state index is 12.9. The minimum Gasteiger partial charge on any atom is -0.481 e. The molecule has 3 aliphatic rings. The molecule has 0 atom stereocenters. The predicted octanol–water partition coefficient (Wildman–Crippen LogP) is 5.44. The van der Waals surface area contributed by atoms with Gasteiger partial charge in [-0.25, -0.2) is 0 Å². The SMILES string of the molecule is CC1CCC(C(OC(=O)C2CCC(C(=O)O)CC2)C2CCC(C)CC2)CC1. The highest BCUT2D eigenvalue weighted by Crippen LogP contribution is 2.41. The second-order valence-corrected chi connectivity index (χ2v) is 9.83. The number of esters is 1. The summed E-state index contributed by atoms with van der Waals surface area (Å²) in [6, 6.07) is 0. The number of carbonyl (C=O) groups is 2. The Balaban J connectivity index is 1.60. The summed E-state index contributed by atoms with van der Waals surface area (Å²) in [5, 5.41) is 9.18. The van der Waals surface area contributed by atoms with Gasteiger partial charge in [0.1, 0.15) is 6.10 Å². The lowest BCUT2D eigenvalue weighted by Crippen LogP contribution is -2.39. The van der Waals surface area contributed by atoms with Crippen molar-refractivity contribution in [1.29, 1.82) is 0 Å². The van der Waals surface area contributed by atoms with E-state index < -0.39 is 5.97 Å². The first-order chi connectivity index (χ1) is 12.9. The molecule has 0 aliphatic heterocycles. The van der Waals surface area contributed by atoms with Crippen molar-refractivity contribution >= 4 is 11.9 Å². The predicted molar refractivity (Wildman–Crippen MR) is 105 cm³/mol. The van der Waals surface area contributed by atoms with Crippen LogP contribution in [0.15, 0.2) is 0 Å². The Kier molecular flexibility index (Phi) is 7.22. The Morgan fingerprint density at radius 1 is 0.704 bits per heavy atom. The monoisotopic (exact) mass is 378 g/mol. The first-order valence-corrected chi connectivity index (χ1v) is 11.4. The molecule has 3 saturated carbocycles. The first-order valence-electron chi connectivity index (χ1n) is 11.4. The lowest BCUT2D eigenvalue weighted by Gasteiger charge is -2.40. The number of hydrogen-bond acceptors (Lipinski definition) is 3. The molecule has 3 fully saturated rings. The van der Waals surface area contributed by atoms with E-state index in [-0.39, 0.29) is 23.9 Å². The van der Waals surface area contributed by atoms with Crippen molar-refractivity contribution in [3.8, 4) is 0 Å². The maximum Gasteiger partial charge on any atom is 0.309 e. The zero-order chi connectivity index (χ0) is 19.4. The van der Waals surface area contributed by atoms with Crippen LogP contribution in [0.4, 0.5) is 0 Å². The molecule has 0 heterocycles. The molecule has 0 amide bonds. The number of carboxylic acids is 1. The summed E-state index contributed by atoms with van der Waals surface area (Å²) in [5.74, 6) is 1.54. The highest BCUT2D eigenvalue weighted by Gasteiger charge is 2.38. The molecule has 0 radical (unpaired) electrons. The molecule has 4 heteroatoms. The standard InChI is InChI=1S/C23H38O4/c1-15-3-7-17(8-4-15)21(18-9-5-16(2)6-10-18)27-23(26)20-13-11-19(12-14-20)22(24)25/h15-21H,3-14H2,1-2H3,(H,24,25). The number of carboxylic acid groups (broad SMARTS) is 1. The van der Waals surface area contributed by atoms with Gasteiger partial charge in [0.25, 0.3) is 0 Å². The average Bonchev–Trinajstić information content (AvgIpc) is 2.67. The largest absolute Gasteiger partial charge is 0.481 e. The van der Waals surface area contributed by atoms with Gasteiger partial charge in [-0.1, -0.05) is 39.5 Å². The van der Waals surface area contributed by atoms with E-state index in [1.54, 1.807) is 0 Å². The Morgan fingerprint density at radius 2 is 1.11 bits per heavy atom. The van der Waals surface area contributed by atoms with Gasteiger partial charge in [-0.15, -0.1) is 0 Å². The van der Waals surface area contributed by atoms with Crippen molar-refractivity contribution in [2.45, 2.75) is 97.0 Å². The Bertz CT molecular complexity index is 471. The summed E-state index contributed by atoms with van der Waals surface area (Å²) in [4.78, 5) is 24.1. The molecular formula is C23H38O4. The van der Waals surface area contributed by atoms with Gasteiger partial charge in [0.2, 0.25) is 0 Å². The van der Waals surface area contributed by atoms with Gasteiger partial charge in [0, 0.05) is 0 Å². The minimum absolute atomic E-state index is 0.0407. The Morgan fingerprint density at radius 3 is 1.52 bits per heavy atom. The number of hydrogen-bond donors (Lipinski definition) is 1. The van der Waals surface area contributed by atoms with Gasteiger partial charge in [-0.3, -0.25) is 9.59 Å². The van der Waals surface area contributed by atoms with E-state index in [4.69, 9.17) is 4.74 Å². The molecule has 0 saturated heterocycles. The second-order valence-electron chi connectivity index (χ2n) is 9.83. The van der Waals surface area contributed by atoms with Crippen LogP contribution < -0.4 is 0 Å². The number of carbonyl (C=O) groups excluding carboxylic acids is 1. The van der Waals surface area contributed by atoms with Gasteiger partial charge < -0.3 is 9.84 Å². The van der Waals surface area contributed by atoms with E-state index >= 15 is 0 Å². The van der Waals surface area contributed by atoms with Crippen molar-refractivity contribution in [3.63, 3.8) is 0 Å². The normalized spacial score (nSPS) is 38.7. The molecule has 3 aliphatic carbocycles. The summed E-state index contributed by atoms with van der Waals surface area (Å²) in [6.07, 6.45) is 12.5. The maximum atomic E-state index is 12.9. The molecule has 3 rings (SSSR count). The molecule has 0 aromatic rings. The highest BCUT2D eigenvalue weighted by atomic mass is 16.5. The van der Waals surface area contributed by atoms with E-state index in [1.165, 1.54) is 51.4 Å². The van der Waals surface area contributed by atoms with Crippen molar-refractivity contribution in [2.24, 2.45) is 35.5 Å². The zero-order valence-electron chi connectivity index (χ0n) is 17.2. The van der Waals surface area contributed by atoms with Crippen LogP contribution in [0.5, 0.6) is 0 Å². The summed E-state index contributed by atoms with van der Waals surface area (Å²) >= 11 is 0. The Labute approximate surface area is 164 Å². The van der Waals surface area contributed by atoms with Crippen LogP contribution in [0, 0.1) is 35.5 Å². The van der Waals surface area contributed by atoms with Gasteiger partial charge >= 0.3 is 11.9 Å². The smallest absolute Gasteiger partial charge is 0.309 e. The molecule has 4 nitrogen and oxygen atoms in total. The number of ether oxygens (including phenoxy) is 1. The summed E-state index contributed by atoms with van der Waals surface area (Å²) < 4.78 is 6.25. The third-order valence-electron chi connectivity index (χ3n) is 7.71. The Hall–Kier alpha value is -1.06. The van der Waals surface area contributed by atoms with Crippen LogP contribution in [0.1, 0.15) is 90.9 Å². The molecule has 27 heavy (non-hydrogen) atoms. The second kappa shape index (κ2) is 9.43. The third kappa shape index (κ3) is 5.48. The summed E-state index contributed by atoms with van der Waals surface area (Å²) in [5.41, 5.74) is 0. The van der Waals surface area contributed by atoms with E-state index in [1.807, 2.05) is 0 Å². The molecule has 0 unspecified atom stereocenters. The van der Waals surface area contributed by atoms with Gasteiger partial charge in [0.05, 0.1) is 11.8 Å². The molecule has 0 spiro atoms. The van der Waals surface area contributed by atoms with Crippen LogP contribution >= 0.6 is 0 Å². The quantitative estimate of drug-likeness (QED) is 0.647. The summed E-state index contributed by atoms with van der Waals surface area (Å²) in [7, 11) is 0. The van der Waals surface area contributed by atoms with Crippen molar-refractivity contribution in [3.05, 3.63) is 0 Å². The van der Waals surface area contributed by atoms with Crippen molar-refractivity contribution in [2.75, 3.05) is 0 Å². The van der Waals surface area contributed by atoms with Crippen molar-refractivity contribution in [1.82, 2.24) is 0 Å². The molecule has 0 bridgehead atoms. The topological polar surface area (TPSA) is 63.6 Å². The third-order valence-corrected chi connectivity index (χ3v) is 7.71. The molecule has 0 aromatic carbocycles. The van der Waals surface area contributed by atoms with Gasteiger partial charge in [-0.2, -0.15) is 0 Å². The fraction of sp³-hybridized carbons (Fsp3) is 0.913. The van der Waals surface area contributed by atoms with Crippen LogP contribution in [0.2, 0.25) is 0 Å². The molecule has 1 N–H and O–H groups in total. The number of rotatable bonds is 5. The van der Waals surface area contributed by atoms with Crippen LogP contribution in [0.25, 0.3) is 0 Å². The van der Waals surface area contributed by atoms with Gasteiger partial charge in [-0.05, 0) is 75.0 Å². The summed E-state index contributed by atoms with van der Waals surface area (Å²) in [6.45, 7) is 4.67. The molecule has 154 valence electrons. The molecule has 0 aromatic heterocycles. The fourth-order valence-corrected chi connectivity index (χ4v) is 5.61. The molecular weight excluding hydrogens is 340 g/mol. The van der Waals surface area contributed by atoms with E-state index in [2.05, 4.69) is 13.8 Å². The lowest BCUT2D eigenvalue weighted by atomic mass is 9.71. The van der Waals surface area contributed by atoms with Crippen LogP contribution in [-0.4, -0.2) is 23.1 Å². The first kappa shape index (κ1) is 20.7. The van der Waals surface area contributed by atoms with Crippen LogP contribution in [-0.2, 0) is 14.3 Å². The van der Waals surface area contributed by atoms with Crippen LogP contribution in [0.3, 0.4) is 0 Å².